The van der Waals surface area contributed by atoms with Gasteiger partial charge in [0.15, 0.2) is 0 Å². The number of carboxylic acids is 1. The summed E-state index contributed by atoms with van der Waals surface area (Å²) >= 11 is 0. The number of unbranched alkanes of at least 4 members (excludes halogenated alkanes) is 13. The third-order valence-electron chi connectivity index (χ3n) is 4.82. The summed E-state index contributed by atoms with van der Waals surface area (Å²) < 4.78 is 0. The molecule has 0 amide bonds. The van der Waals surface area contributed by atoms with Gasteiger partial charge in [0.25, 0.3) is 0 Å². The Kier molecular flexibility index (Phi) is 18.8. The van der Waals surface area contributed by atoms with Gasteiger partial charge < -0.3 is 10.2 Å². The number of carboxylic acid groups (broad SMARTS) is 1. The molecule has 3 nitrogen and oxygen atoms in total. The first kappa shape index (κ1) is 24.2. The van der Waals surface area contributed by atoms with Crippen molar-refractivity contribution in [1.29, 1.82) is 0 Å². The smallest absolute Gasteiger partial charge is 0.327 e. The minimum Gasteiger partial charge on any atom is -0.478 e. The number of hydrogen-bond donors (Lipinski definition) is 2. The number of aliphatic hydroxyl groups is 1. The van der Waals surface area contributed by atoms with Gasteiger partial charge in [0.2, 0.25) is 0 Å². The molecule has 0 aliphatic heterocycles. The zero-order chi connectivity index (χ0) is 18.6. The Bertz CT molecular complexity index is 312. The number of carbonyl (C=O) groups is 1. The van der Waals surface area contributed by atoms with Crippen LogP contribution < -0.4 is 0 Å². The molecule has 0 heterocycles. The average molecular weight is 355 g/mol. The molecule has 1 unspecified atom stereocenters. The van der Waals surface area contributed by atoms with Crippen LogP contribution in [0.15, 0.2) is 12.2 Å². The minimum atomic E-state index is -0.915. The van der Waals surface area contributed by atoms with Gasteiger partial charge in [0.05, 0.1) is 6.10 Å². The quantitative estimate of drug-likeness (QED) is 0.202. The molecule has 0 aromatic rings. The van der Waals surface area contributed by atoms with Crippen LogP contribution in [0.3, 0.4) is 0 Å². The highest BCUT2D eigenvalue weighted by molar-refractivity contribution is 5.79. The van der Waals surface area contributed by atoms with Gasteiger partial charge in [0.1, 0.15) is 0 Å². The van der Waals surface area contributed by atoms with Crippen molar-refractivity contribution in [2.75, 3.05) is 0 Å². The molecule has 0 aliphatic rings. The van der Waals surface area contributed by atoms with Gasteiger partial charge in [-0.1, -0.05) is 103 Å². The molecule has 25 heavy (non-hydrogen) atoms. The van der Waals surface area contributed by atoms with Crippen molar-refractivity contribution >= 4 is 5.97 Å². The van der Waals surface area contributed by atoms with E-state index < -0.39 is 5.97 Å². The summed E-state index contributed by atoms with van der Waals surface area (Å²) in [5.74, 6) is -0.915. The molecular weight excluding hydrogens is 312 g/mol. The van der Waals surface area contributed by atoms with Crippen molar-refractivity contribution in [2.45, 2.75) is 122 Å². The Morgan fingerprint density at radius 3 is 1.64 bits per heavy atom. The number of aliphatic hydroxyl groups excluding tert-OH is 1. The van der Waals surface area contributed by atoms with Crippen LogP contribution in [0, 0.1) is 0 Å². The monoisotopic (exact) mass is 354 g/mol. The Balaban J connectivity index is 3.16. The molecule has 0 spiro atoms. The first-order chi connectivity index (χ1) is 12.2. The summed E-state index contributed by atoms with van der Waals surface area (Å²) in [6.45, 7) is 2.27. The van der Waals surface area contributed by atoms with E-state index in [4.69, 9.17) is 5.11 Å². The zero-order valence-electron chi connectivity index (χ0n) is 16.6. The maximum atomic E-state index is 10.3. The van der Waals surface area contributed by atoms with E-state index in [2.05, 4.69) is 6.92 Å². The zero-order valence-corrected chi connectivity index (χ0v) is 16.6. The molecule has 148 valence electrons. The Morgan fingerprint density at radius 1 is 0.760 bits per heavy atom. The lowest BCUT2D eigenvalue weighted by Crippen LogP contribution is -2.05. The molecule has 0 bridgehead atoms. The van der Waals surface area contributed by atoms with E-state index in [-0.39, 0.29) is 6.10 Å². The maximum absolute atomic E-state index is 10.3. The summed E-state index contributed by atoms with van der Waals surface area (Å²) in [4.78, 5) is 10.3. The van der Waals surface area contributed by atoms with Gasteiger partial charge in [-0.25, -0.2) is 4.79 Å². The van der Waals surface area contributed by atoms with E-state index in [1.165, 1.54) is 83.5 Å². The Labute approximate surface area is 155 Å². The van der Waals surface area contributed by atoms with Crippen LogP contribution in [0.5, 0.6) is 0 Å². The molecule has 1 atom stereocenters. The van der Waals surface area contributed by atoms with Gasteiger partial charge in [-0.3, -0.25) is 0 Å². The molecular formula is C22H42O3. The molecule has 3 heteroatoms. The van der Waals surface area contributed by atoms with Crippen molar-refractivity contribution in [2.24, 2.45) is 0 Å². The predicted octanol–water partition coefficient (Wildman–Crippen LogP) is 6.64. The number of rotatable bonds is 19. The second-order valence-electron chi connectivity index (χ2n) is 7.36. The molecule has 0 aliphatic carbocycles. The first-order valence-corrected chi connectivity index (χ1v) is 10.7. The van der Waals surface area contributed by atoms with E-state index in [0.717, 1.165) is 18.9 Å². The first-order valence-electron chi connectivity index (χ1n) is 10.7. The lowest BCUT2D eigenvalue weighted by Gasteiger charge is -2.08. The van der Waals surface area contributed by atoms with Gasteiger partial charge >= 0.3 is 5.97 Å². The fourth-order valence-corrected chi connectivity index (χ4v) is 3.19. The molecule has 0 radical (unpaired) electrons. The van der Waals surface area contributed by atoms with Crippen molar-refractivity contribution in [3.8, 4) is 0 Å². The number of hydrogen-bond acceptors (Lipinski definition) is 2. The summed E-state index contributed by atoms with van der Waals surface area (Å²) in [7, 11) is 0. The number of aliphatic carboxylic acids is 1. The van der Waals surface area contributed by atoms with Crippen molar-refractivity contribution in [1.82, 2.24) is 0 Å². The van der Waals surface area contributed by atoms with Crippen molar-refractivity contribution in [3.63, 3.8) is 0 Å². The lowest BCUT2D eigenvalue weighted by atomic mass is 10.0. The highest BCUT2D eigenvalue weighted by Crippen LogP contribution is 2.14. The van der Waals surface area contributed by atoms with Gasteiger partial charge in [-0.15, -0.1) is 0 Å². The Morgan fingerprint density at radius 2 is 1.20 bits per heavy atom. The van der Waals surface area contributed by atoms with Gasteiger partial charge in [-0.05, 0) is 19.3 Å². The van der Waals surface area contributed by atoms with Gasteiger partial charge in [-0.2, -0.15) is 0 Å². The molecule has 0 aromatic heterocycles. The van der Waals surface area contributed by atoms with Crippen LogP contribution in [0.25, 0.3) is 0 Å². The molecule has 2 N–H and O–H groups in total. The molecule has 0 aromatic carbocycles. The van der Waals surface area contributed by atoms with Crippen LogP contribution in [-0.2, 0) is 4.79 Å². The summed E-state index contributed by atoms with van der Waals surface area (Å²) in [6, 6.07) is 0. The highest BCUT2D eigenvalue weighted by Gasteiger charge is 2.02. The van der Waals surface area contributed by atoms with Crippen LogP contribution >= 0.6 is 0 Å². The SMILES string of the molecule is CCCCCCCCCCCCCCCCC(O)CCC=CC(=O)O. The molecule has 0 saturated heterocycles. The summed E-state index contributed by atoms with van der Waals surface area (Å²) in [6.07, 6.45) is 23.5. The summed E-state index contributed by atoms with van der Waals surface area (Å²) in [5.41, 5.74) is 0. The van der Waals surface area contributed by atoms with Crippen molar-refractivity contribution in [3.05, 3.63) is 12.2 Å². The van der Waals surface area contributed by atoms with E-state index >= 15 is 0 Å². The molecule has 0 saturated carbocycles. The van der Waals surface area contributed by atoms with E-state index in [9.17, 15) is 9.90 Å². The van der Waals surface area contributed by atoms with Crippen molar-refractivity contribution < 1.29 is 15.0 Å². The maximum Gasteiger partial charge on any atom is 0.327 e. The van der Waals surface area contributed by atoms with E-state index in [1.807, 2.05) is 0 Å². The van der Waals surface area contributed by atoms with Crippen LogP contribution in [0.4, 0.5) is 0 Å². The second kappa shape index (κ2) is 19.5. The predicted molar refractivity (Wildman–Crippen MR) is 107 cm³/mol. The second-order valence-corrected chi connectivity index (χ2v) is 7.36. The standard InChI is InChI=1S/C22H42O3/c1-2-3-4-5-6-7-8-9-10-11-12-13-14-15-18-21(23)19-16-17-20-22(24)25/h17,20-21,23H,2-16,18-19H2,1H3,(H,24,25). The largest absolute Gasteiger partial charge is 0.478 e. The Hall–Kier alpha value is -0.830. The molecule has 0 fully saturated rings. The minimum absolute atomic E-state index is 0.282. The highest BCUT2D eigenvalue weighted by atomic mass is 16.4. The lowest BCUT2D eigenvalue weighted by molar-refractivity contribution is -0.131. The fourth-order valence-electron chi connectivity index (χ4n) is 3.19. The van der Waals surface area contributed by atoms with Crippen LogP contribution in [-0.4, -0.2) is 22.3 Å². The van der Waals surface area contributed by atoms with E-state index in [0.29, 0.717) is 12.8 Å². The van der Waals surface area contributed by atoms with Gasteiger partial charge in [0, 0.05) is 6.08 Å². The third-order valence-corrected chi connectivity index (χ3v) is 4.82. The molecule has 0 rings (SSSR count). The topological polar surface area (TPSA) is 57.5 Å². The fraction of sp³-hybridized carbons (Fsp3) is 0.864. The van der Waals surface area contributed by atoms with E-state index in [1.54, 1.807) is 6.08 Å². The third kappa shape index (κ3) is 21.1. The van der Waals surface area contributed by atoms with Crippen LogP contribution in [0.2, 0.25) is 0 Å². The summed E-state index contributed by atoms with van der Waals surface area (Å²) in [5, 5.41) is 18.3. The average Bonchev–Trinajstić information content (AvgIpc) is 2.59. The number of allylic oxidation sites excluding steroid dienone is 1. The normalized spacial score (nSPS) is 12.7. The van der Waals surface area contributed by atoms with Crippen LogP contribution in [0.1, 0.15) is 116 Å².